The van der Waals surface area contributed by atoms with Crippen LogP contribution in [0.15, 0.2) is 63.2 Å². The third-order valence-electron chi connectivity index (χ3n) is 2.77. The summed E-state index contributed by atoms with van der Waals surface area (Å²) < 4.78 is 1.05. The first-order valence-electron chi connectivity index (χ1n) is 5.83. The van der Waals surface area contributed by atoms with Crippen LogP contribution in [0.3, 0.4) is 0 Å². The van der Waals surface area contributed by atoms with Crippen molar-refractivity contribution in [3.63, 3.8) is 0 Å². The SMILES string of the molecule is Brc1ccc(N=Nc2ccc(N3CC3)cc2)cc1. The van der Waals surface area contributed by atoms with E-state index in [2.05, 4.69) is 43.2 Å². The predicted octanol–water partition coefficient (Wildman–Crippen LogP) is 4.68. The highest BCUT2D eigenvalue weighted by Gasteiger charge is 2.16. The summed E-state index contributed by atoms with van der Waals surface area (Å²) in [5.74, 6) is 0. The van der Waals surface area contributed by atoms with Gasteiger partial charge in [0.1, 0.15) is 0 Å². The normalized spacial score (nSPS) is 14.2. The summed E-state index contributed by atoms with van der Waals surface area (Å²) >= 11 is 3.39. The standard InChI is InChI=1S/C14H12BrN3/c15-11-1-3-12(4-2-11)16-17-13-5-7-14(8-6-13)18-9-10-18/h1-8H,9-10H2. The van der Waals surface area contributed by atoms with E-state index < -0.39 is 0 Å². The Morgan fingerprint density at radius 3 is 1.78 bits per heavy atom. The first kappa shape index (κ1) is 11.4. The van der Waals surface area contributed by atoms with Gasteiger partial charge in [-0.3, -0.25) is 0 Å². The molecule has 18 heavy (non-hydrogen) atoms. The van der Waals surface area contributed by atoms with Crippen molar-refractivity contribution in [3.8, 4) is 0 Å². The highest BCUT2D eigenvalue weighted by molar-refractivity contribution is 9.10. The van der Waals surface area contributed by atoms with Gasteiger partial charge in [-0.2, -0.15) is 10.2 Å². The molecular formula is C14H12BrN3. The first-order valence-corrected chi connectivity index (χ1v) is 6.63. The lowest BCUT2D eigenvalue weighted by atomic mass is 10.3. The molecule has 2 aromatic rings. The molecular weight excluding hydrogens is 290 g/mol. The van der Waals surface area contributed by atoms with Crippen molar-refractivity contribution in [1.82, 2.24) is 0 Å². The fourth-order valence-electron chi connectivity index (χ4n) is 1.66. The van der Waals surface area contributed by atoms with Gasteiger partial charge in [0.2, 0.25) is 0 Å². The lowest BCUT2D eigenvalue weighted by molar-refractivity contribution is 1.23. The van der Waals surface area contributed by atoms with Crippen molar-refractivity contribution in [2.45, 2.75) is 0 Å². The summed E-state index contributed by atoms with van der Waals surface area (Å²) in [6.07, 6.45) is 0. The van der Waals surface area contributed by atoms with E-state index in [9.17, 15) is 0 Å². The molecule has 0 atom stereocenters. The van der Waals surface area contributed by atoms with Crippen molar-refractivity contribution in [1.29, 1.82) is 0 Å². The van der Waals surface area contributed by atoms with Crippen LogP contribution < -0.4 is 4.90 Å². The summed E-state index contributed by atoms with van der Waals surface area (Å²) in [5, 5.41) is 8.42. The van der Waals surface area contributed by atoms with E-state index in [-0.39, 0.29) is 0 Å². The maximum absolute atomic E-state index is 4.22. The molecule has 1 aliphatic heterocycles. The molecule has 1 fully saturated rings. The van der Waals surface area contributed by atoms with Gasteiger partial charge in [0.15, 0.2) is 0 Å². The number of nitrogens with zero attached hydrogens (tertiary/aromatic N) is 3. The first-order chi connectivity index (χ1) is 8.81. The monoisotopic (exact) mass is 301 g/mol. The molecule has 0 amide bonds. The lowest BCUT2D eigenvalue weighted by Crippen LogP contribution is -1.88. The summed E-state index contributed by atoms with van der Waals surface area (Å²) in [7, 11) is 0. The molecule has 4 heteroatoms. The smallest absolute Gasteiger partial charge is 0.0858 e. The van der Waals surface area contributed by atoms with Crippen molar-refractivity contribution in [2.24, 2.45) is 10.2 Å². The summed E-state index contributed by atoms with van der Waals surface area (Å²) in [6, 6.07) is 15.9. The second-order valence-electron chi connectivity index (χ2n) is 4.18. The minimum absolute atomic E-state index is 0.855. The minimum Gasteiger partial charge on any atom is -0.368 e. The summed E-state index contributed by atoms with van der Waals surface area (Å²) in [6.45, 7) is 2.33. The van der Waals surface area contributed by atoms with Crippen molar-refractivity contribution < 1.29 is 0 Å². The Labute approximate surface area is 114 Å². The molecule has 2 aromatic carbocycles. The van der Waals surface area contributed by atoms with Crippen molar-refractivity contribution >= 4 is 33.0 Å². The Bertz CT molecular complexity index is 557. The van der Waals surface area contributed by atoms with Crippen LogP contribution in [0.2, 0.25) is 0 Å². The molecule has 0 spiro atoms. The lowest BCUT2D eigenvalue weighted by Gasteiger charge is -2.01. The Kier molecular flexibility index (Phi) is 3.11. The number of halogens is 1. The Hall–Kier alpha value is -1.68. The van der Waals surface area contributed by atoms with Gasteiger partial charge in [0.05, 0.1) is 11.4 Å². The zero-order valence-electron chi connectivity index (χ0n) is 9.75. The Balaban J connectivity index is 1.73. The van der Waals surface area contributed by atoms with Crippen molar-refractivity contribution in [3.05, 3.63) is 53.0 Å². The van der Waals surface area contributed by atoms with Crippen LogP contribution in [-0.4, -0.2) is 13.1 Å². The van der Waals surface area contributed by atoms with Gasteiger partial charge in [-0.25, -0.2) is 0 Å². The maximum Gasteiger partial charge on any atom is 0.0858 e. The second kappa shape index (κ2) is 4.90. The zero-order chi connectivity index (χ0) is 12.4. The Morgan fingerprint density at radius 1 is 0.778 bits per heavy atom. The molecule has 0 unspecified atom stereocenters. The van der Waals surface area contributed by atoms with Gasteiger partial charge in [-0.05, 0) is 48.5 Å². The number of benzene rings is 2. The van der Waals surface area contributed by atoms with Gasteiger partial charge in [0, 0.05) is 23.2 Å². The minimum atomic E-state index is 0.855. The number of azo groups is 1. The topological polar surface area (TPSA) is 27.7 Å². The van der Waals surface area contributed by atoms with Gasteiger partial charge in [0.25, 0.3) is 0 Å². The second-order valence-corrected chi connectivity index (χ2v) is 5.10. The molecule has 0 radical (unpaired) electrons. The van der Waals surface area contributed by atoms with Crippen LogP contribution in [-0.2, 0) is 0 Å². The van der Waals surface area contributed by atoms with Gasteiger partial charge in [-0.1, -0.05) is 15.9 Å². The molecule has 0 N–H and O–H groups in total. The molecule has 0 saturated carbocycles. The third-order valence-corrected chi connectivity index (χ3v) is 3.30. The van der Waals surface area contributed by atoms with Crippen LogP contribution >= 0.6 is 15.9 Å². The molecule has 1 saturated heterocycles. The number of hydrogen-bond acceptors (Lipinski definition) is 3. The molecule has 0 bridgehead atoms. The van der Waals surface area contributed by atoms with E-state index >= 15 is 0 Å². The average Bonchev–Trinajstić information content (AvgIpc) is 3.23. The molecule has 0 aromatic heterocycles. The maximum atomic E-state index is 4.22. The number of anilines is 1. The van der Waals surface area contributed by atoms with Crippen molar-refractivity contribution in [2.75, 3.05) is 18.0 Å². The third kappa shape index (κ3) is 2.76. The molecule has 90 valence electrons. The van der Waals surface area contributed by atoms with E-state index in [1.807, 2.05) is 36.4 Å². The van der Waals surface area contributed by atoms with Gasteiger partial charge in [-0.15, -0.1) is 0 Å². The largest absolute Gasteiger partial charge is 0.368 e. The molecule has 1 heterocycles. The summed E-state index contributed by atoms with van der Waals surface area (Å²) in [4.78, 5) is 2.30. The van der Waals surface area contributed by atoms with E-state index in [4.69, 9.17) is 0 Å². The average molecular weight is 302 g/mol. The van der Waals surface area contributed by atoms with Crippen LogP contribution in [0.4, 0.5) is 17.1 Å². The molecule has 1 aliphatic rings. The number of rotatable bonds is 3. The quantitative estimate of drug-likeness (QED) is 0.597. The fraction of sp³-hybridized carbons (Fsp3) is 0.143. The fourth-order valence-corrected chi connectivity index (χ4v) is 1.93. The van der Waals surface area contributed by atoms with E-state index in [0.29, 0.717) is 0 Å². The van der Waals surface area contributed by atoms with Gasteiger partial charge >= 0.3 is 0 Å². The summed E-state index contributed by atoms with van der Waals surface area (Å²) in [5.41, 5.74) is 2.99. The molecule has 3 rings (SSSR count). The van der Waals surface area contributed by atoms with E-state index in [0.717, 1.165) is 15.8 Å². The van der Waals surface area contributed by atoms with Crippen LogP contribution in [0.1, 0.15) is 0 Å². The van der Waals surface area contributed by atoms with Crippen LogP contribution in [0.25, 0.3) is 0 Å². The predicted molar refractivity (Wildman–Crippen MR) is 77.0 cm³/mol. The van der Waals surface area contributed by atoms with E-state index in [1.54, 1.807) is 0 Å². The Morgan fingerprint density at radius 2 is 1.28 bits per heavy atom. The van der Waals surface area contributed by atoms with Crippen LogP contribution in [0.5, 0.6) is 0 Å². The molecule has 3 nitrogen and oxygen atoms in total. The van der Waals surface area contributed by atoms with E-state index in [1.165, 1.54) is 18.8 Å². The highest BCUT2D eigenvalue weighted by atomic mass is 79.9. The molecule has 0 aliphatic carbocycles. The highest BCUT2D eigenvalue weighted by Crippen LogP contribution is 2.25. The van der Waals surface area contributed by atoms with Crippen LogP contribution in [0, 0.1) is 0 Å². The number of hydrogen-bond donors (Lipinski definition) is 0. The van der Waals surface area contributed by atoms with Gasteiger partial charge < -0.3 is 4.90 Å². The zero-order valence-corrected chi connectivity index (χ0v) is 11.3.